The second-order valence-electron chi connectivity index (χ2n) is 34.6. The van der Waals surface area contributed by atoms with Gasteiger partial charge < -0.3 is 34.2 Å². The molecule has 4 N–H and O–H groups in total. The third kappa shape index (κ3) is 104. The average molecular weight is 1870 g/mol. The summed E-state index contributed by atoms with van der Waals surface area (Å²) in [7, 11) is -9.83. The Bertz CT molecular complexity index is 3210. The molecule has 5 unspecified atom stereocenters. The van der Waals surface area contributed by atoms with E-state index in [0.717, 1.165) is 186 Å². The van der Waals surface area contributed by atoms with Crippen LogP contribution in [-0.2, 0) is 55.8 Å². The molecular weight excluding hydrogens is 1680 g/mol. The van der Waals surface area contributed by atoms with E-state index < -0.39 is 91.5 Å². The molecule has 0 aliphatic rings. The van der Waals surface area contributed by atoms with Crippen molar-refractivity contribution in [3.8, 4) is 0 Å². The topological polar surface area (TPSA) is 231 Å². The SMILES string of the molecule is CC/C=C\C/C=C\C/C=C\C/C=C\C/C=C\C/C=C\CCCCCCCCCCCCCCCCCCC(=O)OCC(O)COP(=O)(O)OCC(O)COP(=O)(O)OCC(COC(=O)CCCCCCCCCCCCCCCCCCCCC/C=C\C/C=C\C/C=C\C/C=C\C/C=C\CC)OC(=O)CCCCCCCC/C=C\C/C=C\C/C=C\C/C=C\C/C=C\C/C=C\CC. The Morgan fingerprint density at radius 3 is 0.603 bits per heavy atom. The van der Waals surface area contributed by atoms with Crippen LogP contribution in [0.5, 0.6) is 0 Å². The fourth-order valence-corrected chi connectivity index (χ4v) is 15.8. The lowest BCUT2D eigenvalue weighted by Crippen LogP contribution is -2.30. The number of aliphatic hydroxyl groups excluding tert-OH is 2. The van der Waals surface area contributed by atoms with Gasteiger partial charge in [-0.25, -0.2) is 9.13 Å². The van der Waals surface area contributed by atoms with Gasteiger partial charge in [-0.05, 0) is 167 Å². The number of phosphoric ester groups is 2. The Hall–Kier alpha value is -5.87. The molecule has 0 spiro atoms. The summed E-state index contributed by atoms with van der Waals surface area (Å²) in [5.74, 6) is -1.58. The number of rotatable bonds is 98. The number of aliphatic hydroxyl groups is 2. The van der Waals surface area contributed by atoms with Gasteiger partial charge in [-0.3, -0.25) is 32.5 Å². The van der Waals surface area contributed by atoms with E-state index >= 15 is 0 Å². The van der Waals surface area contributed by atoms with E-state index in [1.165, 1.54) is 186 Å². The van der Waals surface area contributed by atoms with Crippen molar-refractivity contribution in [3.05, 3.63) is 207 Å². The van der Waals surface area contributed by atoms with E-state index in [0.29, 0.717) is 19.3 Å². The van der Waals surface area contributed by atoms with Crippen molar-refractivity contribution in [1.82, 2.24) is 0 Å². The van der Waals surface area contributed by atoms with Crippen LogP contribution in [0.3, 0.4) is 0 Å². The standard InChI is InChI=1S/C113H190O16P2/c1-4-7-10-13-16-19-22-25-28-31-34-37-40-43-45-47-49-51-53-55-57-59-61-64-66-69-72-75-78-81-84-87-90-93-96-99-111(116)123-102-108(114)103-125-130(119,120)126-104-109(115)105-127-131(121,122)128-107-110(129-113(118)101-98-95-92-89-86-83-80-77-74-71-68-63-42-39-36-33-30-27-24-21-18-15-12-9-6-3)106-124-112(117)100-97-94-91-88-85-82-79-76-73-70-67-65-62-60-58-56-54-52-50-48-46-44-41-38-35-32-29-26-23-20-17-14-11-8-5-2/h7-12,16-21,25-30,34-39,43-46,49,51,63,68,74,77,108-110,114-115H,4-6,13-15,22-24,31-33,40-42,47-48,50,52-62,64-67,69-73,75-76,78-107H2,1-3H3,(H,119,120)(H,121,122)/b10-7-,11-8-,12-9-,19-16-,20-17-,21-18-,28-25-,29-26-,30-27-,37-34-,38-35-,39-36-,45-43-,46-44-,51-49-,68-63-,77-74-. The van der Waals surface area contributed by atoms with Crippen molar-refractivity contribution in [2.45, 2.75) is 450 Å². The van der Waals surface area contributed by atoms with E-state index in [4.69, 9.17) is 32.3 Å². The van der Waals surface area contributed by atoms with Crippen molar-refractivity contribution in [2.24, 2.45) is 0 Å². The highest BCUT2D eigenvalue weighted by Crippen LogP contribution is 2.45. The molecule has 0 aliphatic carbocycles. The van der Waals surface area contributed by atoms with Crippen LogP contribution >= 0.6 is 15.6 Å². The van der Waals surface area contributed by atoms with Crippen molar-refractivity contribution in [3.63, 3.8) is 0 Å². The van der Waals surface area contributed by atoms with Gasteiger partial charge in [0.2, 0.25) is 0 Å². The zero-order valence-electron chi connectivity index (χ0n) is 82.9. The summed E-state index contributed by atoms with van der Waals surface area (Å²) in [6.45, 7) is 2.38. The quantitative estimate of drug-likeness (QED) is 0.0146. The minimum absolute atomic E-state index is 0.0831. The van der Waals surface area contributed by atoms with E-state index in [9.17, 15) is 43.5 Å². The van der Waals surface area contributed by atoms with Gasteiger partial charge in [0.25, 0.3) is 0 Å². The number of hydrogen-bond donors (Lipinski definition) is 4. The molecule has 0 rings (SSSR count). The molecule has 18 heteroatoms. The largest absolute Gasteiger partial charge is 0.472 e. The molecule has 0 saturated carbocycles. The van der Waals surface area contributed by atoms with Gasteiger partial charge in [-0.2, -0.15) is 0 Å². The van der Waals surface area contributed by atoms with Crippen LogP contribution in [0.2, 0.25) is 0 Å². The van der Waals surface area contributed by atoms with Gasteiger partial charge in [-0.15, -0.1) is 0 Å². The number of carbonyl (C=O) groups is 3. The van der Waals surface area contributed by atoms with Crippen molar-refractivity contribution in [1.29, 1.82) is 0 Å². The summed E-state index contributed by atoms with van der Waals surface area (Å²) in [5, 5.41) is 20.8. The molecule has 0 aromatic carbocycles. The van der Waals surface area contributed by atoms with Crippen LogP contribution in [0.25, 0.3) is 0 Å². The fraction of sp³-hybridized carbons (Fsp3) is 0.673. The molecule has 0 aliphatic heterocycles. The van der Waals surface area contributed by atoms with Gasteiger partial charge >= 0.3 is 33.6 Å². The van der Waals surface area contributed by atoms with Crippen LogP contribution in [0.1, 0.15) is 432 Å². The fourth-order valence-electron chi connectivity index (χ4n) is 14.2. The first-order valence-electron chi connectivity index (χ1n) is 52.4. The number of carbonyl (C=O) groups excluding carboxylic acids is 3. The predicted octanol–water partition coefficient (Wildman–Crippen LogP) is 33.5. The highest BCUT2D eigenvalue weighted by molar-refractivity contribution is 7.47. The Morgan fingerprint density at radius 2 is 0.382 bits per heavy atom. The maximum atomic E-state index is 13.1. The monoisotopic (exact) mass is 1870 g/mol. The van der Waals surface area contributed by atoms with Crippen LogP contribution in [-0.4, -0.2) is 95.9 Å². The summed E-state index contributed by atoms with van der Waals surface area (Å²) < 4.78 is 61.7. The number of allylic oxidation sites excluding steroid dienone is 34. The van der Waals surface area contributed by atoms with Crippen LogP contribution in [0.4, 0.5) is 0 Å². The highest BCUT2D eigenvalue weighted by atomic mass is 31.2. The Kier molecular flexibility index (Phi) is 98.4. The Balaban J connectivity index is 4.58. The molecule has 0 bridgehead atoms. The van der Waals surface area contributed by atoms with E-state index in [1.807, 2.05) is 0 Å². The molecule has 0 saturated heterocycles. The summed E-state index contributed by atoms with van der Waals surface area (Å²) in [6.07, 6.45) is 140. The van der Waals surface area contributed by atoms with Gasteiger partial charge in [0.1, 0.15) is 25.4 Å². The summed E-state index contributed by atoms with van der Waals surface area (Å²) in [6, 6.07) is 0. The molecule has 16 nitrogen and oxygen atoms in total. The lowest BCUT2D eigenvalue weighted by molar-refractivity contribution is -0.161. The maximum absolute atomic E-state index is 13.1. The predicted molar refractivity (Wildman–Crippen MR) is 555 cm³/mol. The molecule has 0 aromatic rings. The summed E-state index contributed by atoms with van der Waals surface area (Å²) in [4.78, 5) is 59.2. The zero-order chi connectivity index (χ0) is 95.0. The van der Waals surface area contributed by atoms with Gasteiger partial charge in [0.15, 0.2) is 6.10 Å². The molecule has 0 amide bonds. The van der Waals surface area contributed by atoms with Crippen LogP contribution < -0.4 is 0 Å². The second kappa shape index (κ2) is 103. The Morgan fingerprint density at radius 1 is 0.214 bits per heavy atom. The molecule has 0 radical (unpaired) electrons. The number of phosphoric acid groups is 2. The van der Waals surface area contributed by atoms with Gasteiger partial charge in [0, 0.05) is 19.3 Å². The van der Waals surface area contributed by atoms with Crippen LogP contribution in [0, 0.1) is 0 Å². The van der Waals surface area contributed by atoms with Gasteiger partial charge in [-0.1, -0.05) is 452 Å². The third-order valence-electron chi connectivity index (χ3n) is 22.0. The molecule has 131 heavy (non-hydrogen) atoms. The number of esters is 3. The first-order chi connectivity index (χ1) is 64.2. The minimum atomic E-state index is -4.96. The smallest absolute Gasteiger partial charge is 0.463 e. The normalized spacial score (nSPS) is 14.5. The first-order valence-corrected chi connectivity index (χ1v) is 55.4. The average Bonchev–Trinajstić information content (AvgIpc) is 0.898. The van der Waals surface area contributed by atoms with Crippen molar-refractivity contribution < 1.29 is 75.8 Å². The number of unbranched alkanes of at least 4 members (excludes halogenated alkanes) is 41. The molecule has 0 fully saturated rings. The lowest BCUT2D eigenvalue weighted by atomic mass is 10.0. The molecule has 0 aromatic heterocycles. The lowest BCUT2D eigenvalue weighted by Gasteiger charge is -2.21. The van der Waals surface area contributed by atoms with E-state index in [-0.39, 0.29) is 19.3 Å². The maximum Gasteiger partial charge on any atom is 0.472 e. The van der Waals surface area contributed by atoms with Crippen LogP contribution in [0.15, 0.2) is 207 Å². The summed E-state index contributed by atoms with van der Waals surface area (Å²) in [5.41, 5.74) is 0. The van der Waals surface area contributed by atoms with E-state index in [2.05, 4.69) is 227 Å². The van der Waals surface area contributed by atoms with E-state index in [1.54, 1.807) is 0 Å². The third-order valence-corrected chi connectivity index (χ3v) is 23.9. The zero-order valence-corrected chi connectivity index (χ0v) is 84.7. The number of ether oxygens (including phenoxy) is 3. The second-order valence-corrected chi connectivity index (χ2v) is 37.5. The molecular formula is C113H190O16P2. The first kappa shape index (κ1) is 125. The number of hydrogen-bond acceptors (Lipinski definition) is 14. The summed E-state index contributed by atoms with van der Waals surface area (Å²) >= 11 is 0. The molecule has 0 heterocycles. The van der Waals surface area contributed by atoms with Crippen molar-refractivity contribution >= 4 is 33.6 Å². The molecule has 748 valence electrons. The highest BCUT2D eigenvalue weighted by Gasteiger charge is 2.30. The Labute approximate surface area is 800 Å². The van der Waals surface area contributed by atoms with Gasteiger partial charge in [0.05, 0.1) is 26.4 Å². The molecule has 5 atom stereocenters. The van der Waals surface area contributed by atoms with Crippen molar-refractivity contribution in [2.75, 3.05) is 39.6 Å². The minimum Gasteiger partial charge on any atom is -0.463 e.